The first-order valence-corrected chi connectivity index (χ1v) is 9.54. The van der Waals surface area contributed by atoms with Gasteiger partial charge < -0.3 is 26.2 Å². The number of aliphatic hydroxyl groups is 1. The Morgan fingerprint density at radius 1 is 1.24 bits per heavy atom. The van der Waals surface area contributed by atoms with Gasteiger partial charge in [0, 0.05) is 12.8 Å². The van der Waals surface area contributed by atoms with E-state index in [1.165, 1.54) is 6.92 Å². The zero-order valence-electron chi connectivity index (χ0n) is 16.3. The minimum absolute atomic E-state index is 0.00504. The maximum Gasteiger partial charge on any atom is 0.408 e. The van der Waals surface area contributed by atoms with Gasteiger partial charge in [0.25, 0.3) is 0 Å². The highest BCUT2D eigenvalue weighted by Crippen LogP contribution is 2.24. The molecule has 0 aromatic heterocycles. The molecule has 0 unspecified atom stereocenters. The zero-order chi connectivity index (χ0) is 21.4. The summed E-state index contributed by atoms with van der Waals surface area (Å²) in [6.45, 7) is 1.32. The molecule has 0 radical (unpaired) electrons. The monoisotopic (exact) mass is 405 g/mol. The van der Waals surface area contributed by atoms with E-state index in [0.29, 0.717) is 19.3 Å². The van der Waals surface area contributed by atoms with Gasteiger partial charge in [0.15, 0.2) is 0 Å². The molecule has 0 spiro atoms. The van der Waals surface area contributed by atoms with Crippen molar-refractivity contribution in [3.8, 4) is 0 Å². The number of nitrogens with one attached hydrogen (secondary N) is 2. The first-order chi connectivity index (χ1) is 13.8. The first kappa shape index (κ1) is 22.4. The van der Waals surface area contributed by atoms with Crippen LogP contribution in [0.15, 0.2) is 30.3 Å². The molecule has 5 N–H and O–H groups in total. The molecule has 0 saturated heterocycles. The fourth-order valence-electron chi connectivity index (χ4n) is 3.30. The highest BCUT2D eigenvalue weighted by Gasteiger charge is 2.35. The Morgan fingerprint density at radius 2 is 1.93 bits per heavy atom. The Bertz CT molecular complexity index is 737. The number of amides is 3. The van der Waals surface area contributed by atoms with E-state index in [1.807, 2.05) is 6.07 Å². The van der Waals surface area contributed by atoms with Crippen LogP contribution in [0.4, 0.5) is 4.79 Å². The van der Waals surface area contributed by atoms with Gasteiger partial charge in [0.2, 0.25) is 11.8 Å². The molecule has 9 heteroatoms. The topological polar surface area (TPSA) is 148 Å². The van der Waals surface area contributed by atoms with E-state index in [9.17, 15) is 24.3 Å². The van der Waals surface area contributed by atoms with E-state index >= 15 is 0 Å². The van der Waals surface area contributed by atoms with Gasteiger partial charge in [-0.3, -0.25) is 14.4 Å². The summed E-state index contributed by atoms with van der Waals surface area (Å²) >= 11 is 0. The van der Waals surface area contributed by atoms with Crippen LogP contribution in [0.1, 0.15) is 38.2 Å². The van der Waals surface area contributed by atoms with E-state index < -0.39 is 42.0 Å². The molecule has 1 aromatic rings. The van der Waals surface area contributed by atoms with Gasteiger partial charge in [-0.2, -0.15) is 0 Å². The number of carbonyl (C=O) groups excluding carboxylic acids is 4. The second-order valence-electron chi connectivity index (χ2n) is 7.21. The van der Waals surface area contributed by atoms with Gasteiger partial charge in [0.1, 0.15) is 24.5 Å². The molecule has 2 rings (SSSR count). The lowest BCUT2D eigenvalue weighted by atomic mass is 9.82. The van der Waals surface area contributed by atoms with E-state index in [2.05, 4.69) is 10.6 Å². The van der Waals surface area contributed by atoms with Crippen LogP contribution in [0.3, 0.4) is 0 Å². The lowest BCUT2D eigenvalue weighted by Crippen LogP contribution is -2.58. The van der Waals surface area contributed by atoms with Gasteiger partial charge in [-0.1, -0.05) is 30.3 Å². The minimum Gasteiger partial charge on any atom is -0.445 e. The van der Waals surface area contributed by atoms with E-state index in [0.717, 1.165) is 5.56 Å². The summed E-state index contributed by atoms with van der Waals surface area (Å²) in [6, 6.07) is 6.55. The molecule has 1 fully saturated rings. The Balaban J connectivity index is 1.96. The van der Waals surface area contributed by atoms with E-state index in [1.54, 1.807) is 24.3 Å². The predicted octanol–water partition coefficient (Wildman–Crippen LogP) is 0.392. The number of ether oxygens (including phenoxy) is 1. The number of hydrogen-bond donors (Lipinski definition) is 4. The summed E-state index contributed by atoms with van der Waals surface area (Å²) < 4.78 is 5.06. The van der Waals surface area contributed by atoms with Crippen molar-refractivity contribution in [2.24, 2.45) is 11.7 Å². The Labute approximate surface area is 169 Å². The van der Waals surface area contributed by atoms with Crippen LogP contribution in [0.25, 0.3) is 0 Å². The van der Waals surface area contributed by atoms with Crippen LogP contribution in [0, 0.1) is 5.92 Å². The number of alkyl carbamates (subject to hydrolysis) is 1. The zero-order valence-corrected chi connectivity index (χ0v) is 16.3. The van der Waals surface area contributed by atoms with Gasteiger partial charge in [-0.15, -0.1) is 0 Å². The smallest absolute Gasteiger partial charge is 0.408 e. The third-order valence-corrected chi connectivity index (χ3v) is 4.85. The van der Waals surface area contributed by atoms with Crippen molar-refractivity contribution in [2.45, 2.75) is 57.4 Å². The van der Waals surface area contributed by atoms with Crippen molar-refractivity contribution >= 4 is 23.7 Å². The van der Waals surface area contributed by atoms with Crippen molar-refractivity contribution in [3.05, 3.63) is 35.9 Å². The fourth-order valence-corrected chi connectivity index (χ4v) is 3.30. The second kappa shape index (κ2) is 10.6. The number of aliphatic hydroxyl groups excluding tert-OH is 1. The average Bonchev–Trinajstić information content (AvgIpc) is 2.68. The Hall–Kier alpha value is -2.94. The molecule has 158 valence electrons. The number of hydrogen-bond acceptors (Lipinski definition) is 6. The van der Waals surface area contributed by atoms with E-state index in [-0.39, 0.29) is 18.8 Å². The Kier molecular flexibility index (Phi) is 8.14. The average molecular weight is 405 g/mol. The quantitative estimate of drug-likeness (QED) is 0.492. The molecular weight excluding hydrogens is 378 g/mol. The number of carbonyl (C=O) groups is 4. The Morgan fingerprint density at radius 3 is 2.52 bits per heavy atom. The standard InChI is InChI=1S/C20H27N3O6/c1-12(24)16(23-20(28)29-11-13-6-3-2-4-7-13)19(27)22-17(18(21)26)14-8-5-9-15(25)10-14/h2-4,6-7,12,14,16-17,24H,5,8-11H2,1H3,(H2,21,26)(H,22,27)(H,23,28)/t12-,14+,16+,17+/m1/s1. The van der Waals surface area contributed by atoms with Gasteiger partial charge >= 0.3 is 6.09 Å². The minimum atomic E-state index is -1.35. The van der Waals surface area contributed by atoms with Crippen LogP contribution in [0.2, 0.25) is 0 Å². The van der Waals surface area contributed by atoms with Gasteiger partial charge in [-0.05, 0) is 31.2 Å². The number of primary amides is 1. The number of Topliss-reactive ketones (excluding diaryl/α,β-unsaturated/α-hetero) is 1. The molecule has 0 heterocycles. The molecule has 1 aliphatic carbocycles. The molecule has 1 aromatic carbocycles. The molecule has 9 nitrogen and oxygen atoms in total. The van der Waals surface area contributed by atoms with Gasteiger partial charge in [0.05, 0.1) is 6.10 Å². The van der Waals surface area contributed by atoms with Crippen LogP contribution >= 0.6 is 0 Å². The lowest BCUT2D eigenvalue weighted by molar-refractivity contribution is -0.132. The van der Waals surface area contributed by atoms with Crippen molar-refractivity contribution in [2.75, 3.05) is 0 Å². The number of ketones is 1. The molecule has 0 aliphatic heterocycles. The van der Waals surface area contributed by atoms with E-state index in [4.69, 9.17) is 10.5 Å². The van der Waals surface area contributed by atoms with Crippen molar-refractivity contribution in [1.82, 2.24) is 10.6 Å². The van der Waals surface area contributed by atoms with Crippen molar-refractivity contribution < 1.29 is 29.0 Å². The summed E-state index contributed by atoms with van der Waals surface area (Å²) in [5.41, 5.74) is 6.17. The molecule has 4 atom stereocenters. The summed E-state index contributed by atoms with van der Waals surface area (Å²) in [6.07, 6.45) is -0.349. The second-order valence-corrected chi connectivity index (χ2v) is 7.21. The normalized spacial score (nSPS) is 19.5. The van der Waals surface area contributed by atoms with Crippen molar-refractivity contribution in [1.29, 1.82) is 0 Å². The SMILES string of the molecule is C[C@@H](O)[C@H](NC(=O)OCc1ccccc1)C(=O)N[C@H](C(N)=O)[C@H]1CCCC(=O)C1. The molecule has 1 aliphatic rings. The molecule has 3 amide bonds. The third kappa shape index (κ3) is 6.86. The highest BCUT2D eigenvalue weighted by molar-refractivity contribution is 5.92. The number of nitrogens with two attached hydrogens (primary N) is 1. The van der Waals surface area contributed by atoms with Crippen molar-refractivity contribution in [3.63, 3.8) is 0 Å². The maximum atomic E-state index is 12.6. The molecule has 0 bridgehead atoms. The van der Waals surface area contributed by atoms with Gasteiger partial charge in [-0.25, -0.2) is 4.79 Å². The maximum absolute atomic E-state index is 12.6. The summed E-state index contributed by atoms with van der Waals surface area (Å²) in [7, 11) is 0. The molecule has 1 saturated carbocycles. The molecule has 29 heavy (non-hydrogen) atoms. The lowest BCUT2D eigenvalue weighted by Gasteiger charge is -2.30. The largest absolute Gasteiger partial charge is 0.445 e. The van der Waals surface area contributed by atoms with Crippen LogP contribution in [0.5, 0.6) is 0 Å². The predicted molar refractivity (Wildman–Crippen MR) is 103 cm³/mol. The first-order valence-electron chi connectivity index (χ1n) is 9.54. The summed E-state index contributed by atoms with van der Waals surface area (Å²) in [5.74, 6) is -1.94. The summed E-state index contributed by atoms with van der Waals surface area (Å²) in [4.78, 5) is 48.2. The summed E-state index contributed by atoms with van der Waals surface area (Å²) in [5, 5.41) is 14.7. The van der Waals surface area contributed by atoms with Crippen LogP contribution < -0.4 is 16.4 Å². The molecular formula is C20H27N3O6. The number of rotatable bonds is 8. The number of benzene rings is 1. The highest BCUT2D eigenvalue weighted by atomic mass is 16.5. The van der Waals surface area contributed by atoms with Crippen LogP contribution in [-0.2, 0) is 25.7 Å². The fraction of sp³-hybridized carbons (Fsp3) is 0.500. The van der Waals surface area contributed by atoms with Crippen LogP contribution in [-0.4, -0.2) is 47.0 Å². The third-order valence-electron chi connectivity index (χ3n) is 4.85.